The van der Waals surface area contributed by atoms with Gasteiger partial charge in [-0.05, 0) is 45.1 Å². The molecule has 0 radical (unpaired) electrons. The summed E-state index contributed by atoms with van der Waals surface area (Å²) in [7, 11) is 4.10. The Kier molecular flexibility index (Phi) is 5.44. The number of nitrogens with one attached hydrogen (secondary N) is 1. The maximum Gasteiger partial charge on any atom is 0.261 e. The standard InChI is InChI=1S/C20H26N4OS/c1-13(2)17(23(4)5)12-21-19(25)18-11-16-14(3)22-24(20(16)26-18)15-9-7-6-8-10-15/h6-11,13,17H,12H2,1-5H3,(H,21,25). The highest BCUT2D eigenvalue weighted by atomic mass is 32.1. The fourth-order valence-corrected chi connectivity index (χ4v) is 4.30. The lowest BCUT2D eigenvalue weighted by atomic mass is 10.0. The van der Waals surface area contributed by atoms with Crippen molar-refractivity contribution in [1.82, 2.24) is 20.0 Å². The van der Waals surface area contributed by atoms with Crippen molar-refractivity contribution < 1.29 is 4.79 Å². The Bertz CT molecular complexity index is 887. The molecule has 0 aliphatic heterocycles. The largest absolute Gasteiger partial charge is 0.350 e. The van der Waals surface area contributed by atoms with Crippen molar-refractivity contribution in [3.8, 4) is 5.69 Å². The molecule has 0 saturated heterocycles. The van der Waals surface area contributed by atoms with Crippen LogP contribution in [-0.2, 0) is 0 Å². The van der Waals surface area contributed by atoms with E-state index < -0.39 is 0 Å². The van der Waals surface area contributed by atoms with Crippen LogP contribution in [0.1, 0.15) is 29.2 Å². The van der Waals surface area contributed by atoms with Crippen molar-refractivity contribution in [3.63, 3.8) is 0 Å². The molecule has 0 aliphatic carbocycles. The highest BCUT2D eigenvalue weighted by Crippen LogP contribution is 2.30. The number of nitrogens with zero attached hydrogens (tertiary/aromatic N) is 3. The molecule has 3 aromatic rings. The van der Waals surface area contributed by atoms with Crippen LogP contribution in [0.5, 0.6) is 0 Å². The topological polar surface area (TPSA) is 50.2 Å². The summed E-state index contributed by atoms with van der Waals surface area (Å²) in [6, 6.07) is 12.3. The Morgan fingerprint density at radius 2 is 1.96 bits per heavy atom. The first-order valence-electron chi connectivity index (χ1n) is 8.87. The molecule has 6 heteroatoms. The van der Waals surface area contributed by atoms with E-state index >= 15 is 0 Å². The maximum atomic E-state index is 12.7. The number of carbonyl (C=O) groups is 1. The van der Waals surface area contributed by atoms with E-state index in [9.17, 15) is 4.79 Å². The first-order chi connectivity index (χ1) is 12.4. The number of para-hydroxylation sites is 1. The average molecular weight is 371 g/mol. The summed E-state index contributed by atoms with van der Waals surface area (Å²) in [6.45, 7) is 6.97. The molecule has 0 aliphatic rings. The number of amides is 1. The number of hydrogen-bond acceptors (Lipinski definition) is 4. The summed E-state index contributed by atoms with van der Waals surface area (Å²) in [5.41, 5.74) is 1.94. The van der Waals surface area contributed by atoms with Crippen molar-refractivity contribution in [1.29, 1.82) is 0 Å². The van der Waals surface area contributed by atoms with Gasteiger partial charge in [-0.3, -0.25) is 4.79 Å². The molecule has 5 nitrogen and oxygen atoms in total. The molecule has 0 spiro atoms. The monoisotopic (exact) mass is 370 g/mol. The summed E-state index contributed by atoms with van der Waals surface area (Å²) < 4.78 is 1.92. The summed E-state index contributed by atoms with van der Waals surface area (Å²) in [6.07, 6.45) is 0. The van der Waals surface area contributed by atoms with E-state index in [1.807, 2.05) is 62.1 Å². The number of benzene rings is 1. The van der Waals surface area contributed by atoms with Crippen molar-refractivity contribution in [2.75, 3.05) is 20.6 Å². The second-order valence-corrected chi connectivity index (χ2v) is 8.18. The molecule has 0 bridgehead atoms. The zero-order chi connectivity index (χ0) is 18.8. The first-order valence-corrected chi connectivity index (χ1v) is 9.69. The highest BCUT2D eigenvalue weighted by Gasteiger charge is 2.20. The first kappa shape index (κ1) is 18.6. The third-order valence-corrected chi connectivity index (χ3v) is 5.78. The van der Waals surface area contributed by atoms with E-state index in [2.05, 4.69) is 29.2 Å². The molecule has 1 atom stereocenters. The number of aryl methyl sites for hydroxylation is 1. The van der Waals surface area contributed by atoms with Crippen LogP contribution in [-0.4, -0.2) is 47.3 Å². The average Bonchev–Trinajstić information content (AvgIpc) is 3.16. The zero-order valence-electron chi connectivity index (χ0n) is 16.0. The van der Waals surface area contributed by atoms with Crippen LogP contribution in [0.3, 0.4) is 0 Å². The fraction of sp³-hybridized carbons (Fsp3) is 0.400. The molecule has 0 fully saturated rings. The van der Waals surface area contributed by atoms with E-state index in [0.29, 0.717) is 18.5 Å². The minimum atomic E-state index is -0.0160. The Labute approximate surface area is 158 Å². The lowest BCUT2D eigenvalue weighted by Gasteiger charge is -2.27. The van der Waals surface area contributed by atoms with Gasteiger partial charge < -0.3 is 10.2 Å². The van der Waals surface area contributed by atoms with E-state index in [1.165, 1.54) is 11.3 Å². The second kappa shape index (κ2) is 7.60. The van der Waals surface area contributed by atoms with Gasteiger partial charge in [-0.25, -0.2) is 4.68 Å². The van der Waals surface area contributed by atoms with Crippen LogP contribution in [0, 0.1) is 12.8 Å². The van der Waals surface area contributed by atoms with Gasteiger partial charge in [0.15, 0.2) is 0 Å². The van der Waals surface area contributed by atoms with Gasteiger partial charge in [-0.2, -0.15) is 5.10 Å². The molecule has 1 aromatic carbocycles. The molecule has 1 unspecified atom stereocenters. The van der Waals surface area contributed by atoms with Gasteiger partial charge in [0.2, 0.25) is 0 Å². The summed E-state index contributed by atoms with van der Waals surface area (Å²) >= 11 is 1.49. The third-order valence-electron chi connectivity index (χ3n) is 4.67. The zero-order valence-corrected chi connectivity index (χ0v) is 16.8. The molecular formula is C20H26N4OS. The van der Waals surface area contributed by atoms with Gasteiger partial charge in [0.05, 0.1) is 16.3 Å². The minimum absolute atomic E-state index is 0.0160. The van der Waals surface area contributed by atoms with Gasteiger partial charge >= 0.3 is 0 Å². The van der Waals surface area contributed by atoms with E-state index in [-0.39, 0.29) is 5.91 Å². The Balaban J connectivity index is 1.84. The molecule has 1 N–H and O–H groups in total. The van der Waals surface area contributed by atoms with Gasteiger partial charge in [-0.15, -0.1) is 11.3 Å². The molecule has 2 heterocycles. The van der Waals surface area contributed by atoms with Gasteiger partial charge in [0.25, 0.3) is 5.91 Å². The molecule has 2 aromatic heterocycles. The minimum Gasteiger partial charge on any atom is -0.350 e. The Morgan fingerprint density at radius 1 is 1.27 bits per heavy atom. The van der Waals surface area contributed by atoms with Crippen molar-refractivity contribution >= 4 is 27.5 Å². The lowest BCUT2D eigenvalue weighted by Crippen LogP contribution is -2.43. The van der Waals surface area contributed by atoms with Crippen LogP contribution in [0.2, 0.25) is 0 Å². The molecule has 138 valence electrons. The Hall–Kier alpha value is -2.18. The number of aromatic nitrogens is 2. The maximum absolute atomic E-state index is 12.7. The molecule has 26 heavy (non-hydrogen) atoms. The number of rotatable bonds is 6. The number of hydrogen-bond donors (Lipinski definition) is 1. The quantitative estimate of drug-likeness (QED) is 0.720. The smallest absolute Gasteiger partial charge is 0.261 e. The van der Waals surface area contributed by atoms with Crippen LogP contribution >= 0.6 is 11.3 Å². The second-order valence-electron chi connectivity index (χ2n) is 7.15. The lowest BCUT2D eigenvalue weighted by molar-refractivity contribution is 0.0939. The number of thiophene rings is 1. The van der Waals surface area contributed by atoms with Gasteiger partial charge in [0.1, 0.15) is 4.83 Å². The van der Waals surface area contributed by atoms with Crippen LogP contribution < -0.4 is 5.32 Å². The molecule has 0 saturated carbocycles. The summed E-state index contributed by atoms with van der Waals surface area (Å²) in [5, 5.41) is 8.76. The van der Waals surface area contributed by atoms with Crippen LogP contribution in [0.15, 0.2) is 36.4 Å². The molecular weight excluding hydrogens is 344 g/mol. The van der Waals surface area contributed by atoms with Crippen LogP contribution in [0.25, 0.3) is 15.9 Å². The van der Waals surface area contributed by atoms with Crippen molar-refractivity contribution in [3.05, 3.63) is 47.0 Å². The number of likely N-dealkylation sites (N-methyl/N-ethyl adjacent to an activating group) is 1. The van der Waals surface area contributed by atoms with E-state index in [0.717, 1.165) is 26.5 Å². The highest BCUT2D eigenvalue weighted by molar-refractivity contribution is 7.20. The normalized spacial score (nSPS) is 12.9. The van der Waals surface area contributed by atoms with E-state index in [1.54, 1.807) is 0 Å². The van der Waals surface area contributed by atoms with Crippen molar-refractivity contribution in [2.24, 2.45) is 5.92 Å². The third kappa shape index (κ3) is 3.66. The number of carbonyl (C=O) groups excluding carboxylic acids is 1. The molecule has 3 rings (SSSR count). The predicted molar refractivity (Wildman–Crippen MR) is 108 cm³/mol. The van der Waals surface area contributed by atoms with Gasteiger partial charge in [-0.1, -0.05) is 32.0 Å². The SMILES string of the molecule is Cc1nn(-c2ccccc2)c2sc(C(=O)NCC(C(C)C)N(C)C)cc12. The Morgan fingerprint density at radius 3 is 2.58 bits per heavy atom. The predicted octanol–water partition coefficient (Wildman–Crippen LogP) is 3.71. The van der Waals surface area contributed by atoms with E-state index in [4.69, 9.17) is 0 Å². The van der Waals surface area contributed by atoms with Gasteiger partial charge in [0, 0.05) is 18.0 Å². The van der Waals surface area contributed by atoms with Crippen LogP contribution in [0.4, 0.5) is 0 Å². The summed E-state index contributed by atoms with van der Waals surface area (Å²) in [5.74, 6) is 0.458. The molecule has 1 amide bonds. The fourth-order valence-electron chi connectivity index (χ4n) is 3.20. The van der Waals surface area contributed by atoms with Crippen molar-refractivity contribution in [2.45, 2.75) is 26.8 Å². The summed E-state index contributed by atoms with van der Waals surface area (Å²) in [4.78, 5) is 16.6. The number of fused-ring (bicyclic) bond motifs is 1.